The highest BCUT2D eigenvalue weighted by atomic mass is 32.2. The number of H-pyrrole nitrogens is 1. The normalized spacial score (nSPS) is 20.6. The van der Waals surface area contributed by atoms with Crippen molar-refractivity contribution in [2.45, 2.75) is 31.3 Å². The molecule has 2 aromatic carbocycles. The molecule has 4 rings (SSSR count). The SMILES string of the molecule is C[C@H]1C(S(=O)(=O)C(=O)OCc2ccccc2)c2ccccc2C[C@H]1Oc1nc(=O)o[nH]1. The van der Waals surface area contributed by atoms with E-state index in [0.29, 0.717) is 17.5 Å². The molecular weight excluding hydrogens is 424 g/mol. The Morgan fingerprint density at radius 1 is 1.16 bits per heavy atom. The first-order chi connectivity index (χ1) is 14.9. The van der Waals surface area contributed by atoms with Crippen LogP contribution in [-0.4, -0.2) is 30.0 Å². The molecule has 1 N–H and O–H groups in total. The number of ether oxygens (including phenoxy) is 2. The summed E-state index contributed by atoms with van der Waals surface area (Å²) in [6.45, 7) is 1.52. The van der Waals surface area contributed by atoms with Crippen molar-refractivity contribution in [3.63, 3.8) is 0 Å². The molecule has 3 aromatic rings. The number of nitrogens with one attached hydrogen (secondary N) is 1. The van der Waals surface area contributed by atoms with Crippen LogP contribution in [0.1, 0.15) is 28.9 Å². The minimum atomic E-state index is -4.37. The molecule has 0 bridgehead atoms. The van der Waals surface area contributed by atoms with E-state index in [1.807, 2.05) is 6.07 Å². The Hall–Kier alpha value is -3.40. The van der Waals surface area contributed by atoms with E-state index in [1.165, 1.54) is 0 Å². The Bertz CT molecular complexity index is 1230. The number of fused-ring (bicyclic) bond motifs is 1. The predicted octanol–water partition coefficient (Wildman–Crippen LogP) is 2.80. The standard InChI is InChI=1S/C21H20N2O7S/c1-13-17(29-19-22-20(24)30-23-19)11-15-9-5-6-10-16(15)18(13)31(26,27)21(25)28-12-14-7-3-2-4-8-14/h2-10,13,17-18H,11-12H2,1H3,(H,22,23,24)/t13-,17-,18?/m1/s1. The average molecular weight is 444 g/mol. The van der Waals surface area contributed by atoms with E-state index in [-0.39, 0.29) is 12.6 Å². The highest BCUT2D eigenvalue weighted by Gasteiger charge is 2.47. The summed E-state index contributed by atoms with van der Waals surface area (Å²) in [5.74, 6) is -1.49. The number of rotatable bonds is 5. The third-order valence-electron chi connectivity index (χ3n) is 5.29. The lowest BCUT2D eigenvalue weighted by Crippen LogP contribution is -2.41. The summed E-state index contributed by atoms with van der Waals surface area (Å²) in [6, 6.07) is 15.6. The van der Waals surface area contributed by atoms with Crippen molar-refractivity contribution in [2.24, 2.45) is 5.92 Å². The second-order valence-electron chi connectivity index (χ2n) is 7.30. The maximum Gasteiger partial charge on any atom is 0.462 e. The van der Waals surface area contributed by atoms with E-state index < -0.39 is 38.2 Å². The van der Waals surface area contributed by atoms with Crippen molar-refractivity contribution in [3.8, 4) is 6.01 Å². The molecule has 1 aliphatic carbocycles. The van der Waals surface area contributed by atoms with Crippen molar-refractivity contribution in [1.82, 2.24) is 10.1 Å². The van der Waals surface area contributed by atoms with Gasteiger partial charge in [0.05, 0.1) is 0 Å². The van der Waals surface area contributed by atoms with Gasteiger partial charge in [0, 0.05) is 12.3 Å². The van der Waals surface area contributed by atoms with Crippen molar-refractivity contribution >= 4 is 15.1 Å². The molecule has 1 unspecified atom stereocenters. The molecule has 0 saturated heterocycles. The molecule has 3 atom stereocenters. The quantitative estimate of drug-likeness (QED) is 0.595. The van der Waals surface area contributed by atoms with Crippen LogP contribution in [0.2, 0.25) is 0 Å². The van der Waals surface area contributed by atoms with Crippen LogP contribution < -0.4 is 10.5 Å². The number of aromatic nitrogens is 2. The Labute approximate surface area is 177 Å². The molecule has 0 spiro atoms. The molecule has 0 amide bonds. The average Bonchev–Trinajstić information content (AvgIpc) is 3.17. The first kappa shape index (κ1) is 20.9. The number of aromatic amines is 1. The Morgan fingerprint density at radius 2 is 1.87 bits per heavy atom. The lowest BCUT2D eigenvalue weighted by Gasteiger charge is -2.35. The molecule has 1 aromatic heterocycles. The Balaban J connectivity index is 1.62. The van der Waals surface area contributed by atoms with Gasteiger partial charge in [0.25, 0.3) is 9.84 Å². The maximum atomic E-state index is 13.3. The van der Waals surface area contributed by atoms with Gasteiger partial charge in [-0.2, -0.15) is 5.16 Å². The van der Waals surface area contributed by atoms with Crippen LogP contribution in [0.25, 0.3) is 0 Å². The summed E-state index contributed by atoms with van der Waals surface area (Å²) in [7, 11) is -4.37. The Kier molecular flexibility index (Phi) is 5.64. The zero-order valence-electron chi connectivity index (χ0n) is 16.6. The molecule has 31 heavy (non-hydrogen) atoms. The number of carbonyl (C=O) groups excluding carboxylic acids is 1. The van der Waals surface area contributed by atoms with Crippen LogP contribution >= 0.6 is 0 Å². The third kappa shape index (κ3) is 4.24. The molecule has 10 heteroatoms. The fourth-order valence-electron chi connectivity index (χ4n) is 3.79. The molecule has 0 fully saturated rings. The van der Waals surface area contributed by atoms with Crippen molar-refractivity contribution < 1.29 is 27.2 Å². The number of benzene rings is 2. The van der Waals surface area contributed by atoms with Crippen LogP contribution in [-0.2, 0) is 27.6 Å². The van der Waals surface area contributed by atoms with Gasteiger partial charge in [-0.1, -0.05) is 61.5 Å². The fourth-order valence-corrected chi connectivity index (χ4v) is 5.52. The molecule has 9 nitrogen and oxygen atoms in total. The number of carbonyl (C=O) groups is 1. The number of hydrogen-bond donors (Lipinski definition) is 1. The summed E-state index contributed by atoms with van der Waals surface area (Å²) < 4.78 is 41.9. The smallest absolute Gasteiger partial charge is 0.459 e. The van der Waals surface area contributed by atoms with Gasteiger partial charge in [0.2, 0.25) is 0 Å². The molecule has 1 aliphatic rings. The second kappa shape index (κ2) is 8.38. The minimum Gasteiger partial charge on any atom is -0.459 e. The lowest BCUT2D eigenvalue weighted by molar-refractivity contribution is 0.113. The summed E-state index contributed by atoms with van der Waals surface area (Å²) in [5, 5.41) is -0.219. The number of hydrogen-bond acceptors (Lipinski definition) is 8. The molecule has 0 radical (unpaired) electrons. The van der Waals surface area contributed by atoms with Gasteiger partial charge in [0.1, 0.15) is 18.0 Å². The number of nitrogens with zero attached hydrogens (tertiary/aromatic N) is 1. The second-order valence-corrected chi connectivity index (χ2v) is 9.23. The van der Waals surface area contributed by atoms with Crippen molar-refractivity contribution in [3.05, 3.63) is 81.8 Å². The zero-order chi connectivity index (χ0) is 22.0. The summed E-state index contributed by atoms with van der Waals surface area (Å²) in [6.07, 6.45) is -0.297. The van der Waals surface area contributed by atoms with Gasteiger partial charge in [-0.15, -0.1) is 4.98 Å². The van der Waals surface area contributed by atoms with Gasteiger partial charge in [0.15, 0.2) is 0 Å². The third-order valence-corrected chi connectivity index (χ3v) is 7.23. The van der Waals surface area contributed by atoms with E-state index in [4.69, 9.17) is 9.47 Å². The van der Waals surface area contributed by atoms with Gasteiger partial charge >= 0.3 is 17.1 Å². The molecule has 0 saturated carbocycles. The van der Waals surface area contributed by atoms with Gasteiger partial charge in [-0.05, 0) is 16.7 Å². The highest BCUT2D eigenvalue weighted by Crippen LogP contribution is 2.42. The maximum absolute atomic E-state index is 13.3. The number of sulfone groups is 1. The van der Waals surface area contributed by atoms with Gasteiger partial charge in [-0.25, -0.2) is 18.0 Å². The topological polar surface area (TPSA) is 129 Å². The van der Waals surface area contributed by atoms with Gasteiger partial charge < -0.3 is 14.0 Å². The Morgan fingerprint density at radius 3 is 2.58 bits per heavy atom. The van der Waals surface area contributed by atoms with Crippen LogP contribution in [0.3, 0.4) is 0 Å². The lowest BCUT2D eigenvalue weighted by atomic mass is 9.82. The summed E-state index contributed by atoms with van der Waals surface area (Å²) in [4.78, 5) is 27.3. The highest BCUT2D eigenvalue weighted by molar-refractivity contribution is 8.05. The zero-order valence-corrected chi connectivity index (χ0v) is 17.4. The van der Waals surface area contributed by atoms with E-state index in [2.05, 4.69) is 14.7 Å². The van der Waals surface area contributed by atoms with Crippen LogP contribution in [0.15, 0.2) is 63.9 Å². The van der Waals surface area contributed by atoms with Crippen LogP contribution in [0.5, 0.6) is 6.01 Å². The molecule has 0 aliphatic heterocycles. The van der Waals surface area contributed by atoms with E-state index in [0.717, 1.165) is 5.56 Å². The van der Waals surface area contributed by atoms with Crippen molar-refractivity contribution in [1.29, 1.82) is 0 Å². The molecule has 1 heterocycles. The van der Waals surface area contributed by atoms with E-state index in [1.54, 1.807) is 55.5 Å². The van der Waals surface area contributed by atoms with Gasteiger partial charge in [-0.3, -0.25) is 0 Å². The molecule has 162 valence electrons. The largest absolute Gasteiger partial charge is 0.462 e. The summed E-state index contributed by atoms with van der Waals surface area (Å²) >= 11 is 0. The van der Waals surface area contributed by atoms with Crippen LogP contribution in [0, 0.1) is 5.92 Å². The van der Waals surface area contributed by atoms with Crippen molar-refractivity contribution in [2.75, 3.05) is 0 Å². The summed E-state index contributed by atoms with van der Waals surface area (Å²) in [5.41, 5.74) is 1.93. The first-order valence-corrected chi connectivity index (χ1v) is 11.2. The molecular formula is C21H20N2O7S. The first-order valence-electron chi connectivity index (χ1n) is 9.61. The fraction of sp³-hybridized carbons (Fsp3) is 0.286. The monoisotopic (exact) mass is 444 g/mol. The van der Waals surface area contributed by atoms with E-state index in [9.17, 15) is 18.0 Å². The van der Waals surface area contributed by atoms with E-state index >= 15 is 0 Å². The minimum absolute atomic E-state index is 0.149. The van der Waals surface area contributed by atoms with Crippen LogP contribution in [0.4, 0.5) is 4.79 Å². The predicted molar refractivity (Wildman–Crippen MR) is 109 cm³/mol.